The number of morpholine rings is 1. The fraction of sp³-hybridized carbons (Fsp3) is 0.600. The van der Waals surface area contributed by atoms with E-state index in [2.05, 4.69) is 44.4 Å². The van der Waals surface area contributed by atoms with Crippen molar-refractivity contribution in [1.29, 1.82) is 0 Å². The van der Waals surface area contributed by atoms with Crippen LogP contribution >= 0.6 is 22.6 Å². The molecule has 0 aliphatic carbocycles. The SMILES string of the molecule is COc1nc(I)cc(N2CCO[C@@H](C)C2)n1. The van der Waals surface area contributed by atoms with E-state index in [0.29, 0.717) is 6.01 Å². The molecular formula is C10H14IN3O2. The number of methoxy groups -OCH3 is 1. The molecule has 1 atom stereocenters. The summed E-state index contributed by atoms with van der Waals surface area (Å²) in [5, 5.41) is 0. The Morgan fingerprint density at radius 3 is 3.06 bits per heavy atom. The van der Waals surface area contributed by atoms with Crippen LogP contribution in [-0.4, -0.2) is 42.9 Å². The lowest BCUT2D eigenvalue weighted by molar-refractivity contribution is 0.0529. The van der Waals surface area contributed by atoms with Crippen molar-refractivity contribution in [1.82, 2.24) is 9.97 Å². The van der Waals surface area contributed by atoms with Crippen LogP contribution in [0, 0.1) is 3.70 Å². The van der Waals surface area contributed by atoms with E-state index in [0.717, 1.165) is 29.2 Å². The highest BCUT2D eigenvalue weighted by Gasteiger charge is 2.19. The van der Waals surface area contributed by atoms with Crippen molar-refractivity contribution in [2.45, 2.75) is 13.0 Å². The van der Waals surface area contributed by atoms with Crippen molar-refractivity contribution in [3.8, 4) is 6.01 Å². The molecule has 2 rings (SSSR count). The van der Waals surface area contributed by atoms with Crippen LogP contribution in [0.3, 0.4) is 0 Å². The van der Waals surface area contributed by atoms with Crippen LogP contribution in [0.2, 0.25) is 0 Å². The van der Waals surface area contributed by atoms with E-state index in [-0.39, 0.29) is 6.10 Å². The lowest BCUT2D eigenvalue weighted by Gasteiger charge is -2.32. The number of hydrogen-bond donors (Lipinski definition) is 0. The highest BCUT2D eigenvalue weighted by atomic mass is 127. The van der Waals surface area contributed by atoms with Gasteiger partial charge < -0.3 is 14.4 Å². The topological polar surface area (TPSA) is 47.5 Å². The third-order valence-corrected chi connectivity index (χ3v) is 2.96. The molecule has 5 nitrogen and oxygen atoms in total. The summed E-state index contributed by atoms with van der Waals surface area (Å²) in [6, 6.07) is 2.38. The second-order valence-electron chi connectivity index (χ2n) is 3.66. The van der Waals surface area contributed by atoms with Gasteiger partial charge in [-0.25, -0.2) is 0 Å². The van der Waals surface area contributed by atoms with Crippen LogP contribution in [0.4, 0.5) is 5.82 Å². The molecule has 0 saturated carbocycles. The smallest absolute Gasteiger partial charge is 0.319 e. The maximum absolute atomic E-state index is 5.50. The monoisotopic (exact) mass is 335 g/mol. The van der Waals surface area contributed by atoms with Crippen LogP contribution in [0.25, 0.3) is 0 Å². The van der Waals surface area contributed by atoms with E-state index in [4.69, 9.17) is 9.47 Å². The molecule has 88 valence electrons. The minimum absolute atomic E-state index is 0.243. The first-order chi connectivity index (χ1) is 7.69. The van der Waals surface area contributed by atoms with Crippen molar-refractivity contribution in [3.05, 3.63) is 9.77 Å². The Labute approximate surface area is 108 Å². The van der Waals surface area contributed by atoms with Crippen LogP contribution in [-0.2, 0) is 4.74 Å². The Kier molecular flexibility index (Phi) is 3.80. The first-order valence-corrected chi connectivity index (χ1v) is 6.22. The van der Waals surface area contributed by atoms with Gasteiger partial charge in [-0.1, -0.05) is 0 Å². The maximum Gasteiger partial charge on any atom is 0.319 e. The molecule has 2 heterocycles. The number of rotatable bonds is 2. The van der Waals surface area contributed by atoms with Gasteiger partial charge in [0.1, 0.15) is 9.52 Å². The maximum atomic E-state index is 5.50. The summed E-state index contributed by atoms with van der Waals surface area (Å²) >= 11 is 2.17. The lowest BCUT2D eigenvalue weighted by atomic mass is 10.3. The zero-order valence-electron chi connectivity index (χ0n) is 9.31. The molecule has 6 heteroatoms. The van der Waals surface area contributed by atoms with Crippen LogP contribution in [0.5, 0.6) is 6.01 Å². The van der Waals surface area contributed by atoms with Crippen LogP contribution in [0.1, 0.15) is 6.92 Å². The Balaban J connectivity index is 2.21. The Bertz CT molecular complexity index is 375. The molecule has 1 saturated heterocycles. The van der Waals surface area contributed by atoms with Gasteiger partial charge in [0.2, 0.25) is 0 Å². The molecule has 0 bridgehead atoms. The van der Waals surface area contributed by atoms with E-state index in [1.165, 1.54) is 0 Å². The van der Waals surface area contributed by atoms with Crippen LogP contribution < -0.4 is 9.64 Å². The second kappa shape index (κ2) is 5.13. The summed E-state index contributed by atoms with van der Waals surface area (Å²) in [6.07, 6.45) is 0.243. The van der Waals surface area contributed by atoms with Gasteiger partial charge in [0, 0.05) is 19.2 Å². The molecule has 1 aliphatic heterocycles. The molecular weight excluding hydrogens is 321 g/mol. The molecule has 0 radical (unpaired) electrons. The summed E-state index contributed by atoms with van der Waals surface area (Å²) in [5.74, 6) is 0.909. The van der Waals surface area contributed by atoms with Crippen molar-refractivity contribution >= 4 is 28.4 Å². The number of ether oxygens (including phenoxy) is 2. The Morgan fingerprint density at radius 2 is 2.38 bits per heavy atom. The minimum atomic E-state index is 0.243. The highest BCUT2D eigenvalue weighted by molar-refractivity contribution is 14.1. The standard InChI is InChI=1S/C10H14IN3O2/c1-7-6-14(3-4-16-7)9-5-8(11)12-10(13-9)15-2/h5,7H,3-4,6H2,1-2H3/t7-/m0/s1. The van der Waals surface area contributed by atoms with Crippen LogP contribution in [0.15, 0.2) is 6.07 Å². The van der Waals surface area contributed by atoms with Gasteiger partial charge in [-0.05, 0) is 29.5 Å². The molecule has 0 spiro atoms. The van der Waals surface area contributed by atoms with Gasteiger partial charge in [-0.15, -0.1) is 0 Å². The van der Waals surface area contributed by atoms with E-state index in [1.807, 2.05) is 6.07 Å². The minimum Gasteiger partial charge on any atom is -0.467 e. The fourth-order valence-corrected chi connectivity index (χ4v) is 2.15. The van der Waals surface area contributed by atoms with Crippen molar-refractivity contribution < 1.29 is 9.47 Å². The Hall–Kier alpha value is -0.630. The summed E-state index contributed by atoms with van der Waals surface area (Å²) < 4.78 is 11.5. The van der Waals surface area contributed by atoms with E-state index < -0.39 is 0 Å². The molecule has 1 fully saturated rings. The number of anilines is 1. The zero-order valence-corrected chi connectivity index (χ0v) is 11.5. The first kappa shape index (κ1) is 11.8. The molecule has 1 aliphatic rings. The molecule has 1 aromatic heterocycles. The average molecular weight is 335 g/mol. The first-order valence-electron chi connectivity index (χ1n) is 5.14. The van der Waals surface area contributed by atoms with Gasteiger partial charge in [-0.2, -0.15) is 9.97 Å². The van der Waals surface area contributed by atoms with E-state index in [1.54, 1.807) is 7.11 Å². The third kappa shape index (κ3) is 2.73. The summed E-state index contributed by atoms with van der Waals surface area (Å²) in [4.78, 5) is 10.7. The summed E-state index contributed by atoms with van der Waals surface area (Å²) in [7, 11) is 1.58. The van der Waals surface area contributed by atoms with Gasteiger partial charge in [0.05, 0.1) is 19.8 Å². The largest absolute Gasteiger partial charge is 0.467 e. The zero-order chi connectivity index (χ0) is 11.5. The summed E-state index contributed by atoms with van der Waals surface area (Å²) in [5.41, 5.74) is 0. The average Bonchev–Trinajstić information content (AvgIpc) is 2.28. The quantitative estimate of drug-likeness (QED) is 0.603. The molecule has 0 amide bonds. The normalized spacial score (nSPS) is 20.9. The molecule has 0 unspecified atom stereocenters. The summed E-state index contributed by atoms with van der Waals surface area (Å²) in [6.45, 7) is 4.52. The predicted octanol–water partition coefficient (Wildman–Crippen LogP) is 1.31. The van der Waals surface area contributed by atoms with Gasteiger partial charge in [-0.3, -0.25) is 0 Å². The molecule has 1 aromatic rings. The van der Waals surface area contributed by atoms with E-state index >= 15 is 0 Å². The molecule has 16 heavy (non-hydrogen) atoms. The van der Waals surface area contributed by atoms with Gasteiger partial charge in [0.15, 0.2) is 0 Å². The molecule has 0 aromatic carbocycles. The third-order valence-electron chi connectivity index (χ3n) is 2.41. The van der Waals surface area contributed by atoms with Crippen molar-refractivity contribution in [3.63, 3.8) is 0 Å². The molecule has 0 N–H and O–H groups in total. The lowest BCUT2D eigenvalue weighted by Crippen LogP contribution is -2.41. The number of nitrogens with zero attached hydrogens (tertiary/aromatic N) is 3. The highest BCUT2D eigenvalue weighted by Crippen LogP contribution is 2.19. The Morgan fingerprint density at radius 1 is 1.56 bits per heavy atom. The number of aromatic nitrogens is 2. The van der Waals surface area contributed by atoms with Gasteiger partial charge >= 0.3 is 6.01 Å². The second-order valence-corrected chi connectivity index (χ2v) is 4.77. The van der Waals surface area contributed by atoms with Gasteiger partial charge in [0.25, 0.3) is 0 Å². The van der Waals surface area contributed by atoms with Crippen molar-refractivity contribution in [2.75, 3.05) is 31.7 Å². The number of hydrogen-bond acceptors (Lipinski definition) is 5. The fourth-order valence-electron chi connectivity index (χ4n) is 1.67. The predicted molar refractivity (Wildman–Crippen MR) is 68.9 cm³/mol. The van der Waals surface area contributed by atoms with Crippen molar-refractivity contribution in [2.24, 2.45) is 0 Å². The van der Waals surface area contributed by atoms with E-state index in [9.17, 15) is 0 Å². The number of halogens is 1.